The topological polar surface area (TPSA) is 81.8 Å². The Hall–Kier alpha value is -2.19. The van der Waals surface area contributed by atoms with Crippen LogP contribution in [-0.2, 0) is 16.1 Å². The molecule has 1 saturated carbocycles. The molecule has 4 amide bonds. The molecule has 4 rings (SSSR count). The highest BCUT2D eigenvalue weighted by Crippen LogP contribution is 2.35. The molecular weight excluding hydrogens is 399 g/mol. The summed E-state index contributed by atoms with van der Waals surface area (Å²) in [6.45, 7) is 3.36. The van der Waals surface area contributed by atoms with Gasteiger partial charge in [0, 0.05) is 43.7 Å². The van der Waals surface area contributed by atoms with Crippen molar-refractivity contribution in [2.45, 2.75) is 37.8 Å². The Morgan fingerprint density at radius 3 is 2.45 bits per heavy atom. The Morgan fingerprint density at radius 2 is 1.86 bits per heavy atom. The Bertz CT molecular complexity index is 833. The lowest BCUT2D eigenvalue weighted by Gasteiger charge is -2.39. The molecule has 2 saturated heterocycles. The number of piperazine rings is 1. The number of amides is 4. The third-order valence-corrected chi connectivity index (χ3v) is 6.65. The second-order valence-corrected chi connectivity index (χ2v) is 8.51. The number of benzene rings is 1. The van der Waals surface area contributed by atoms with E-state index in [0.717, 1.165) is 18.7 Å². The van der Waals surface area contributed by atoms with Crippen LogP contribution in [0.3, 0.4) is 0 Å². The van der Waals surface area contributed by atoms with Gasteiger partial charge in [-0.1, -0.05) is 17.7 Å². The zero-order valence-corrected chi connectivity index (χ0v) is 16.8. The number of hydrogen-bond donors (Lipinski definition) is 2. The van der Waals surface area contributed by atoms with E-state index in [1.54, 1.807) is 6.07 Å². The summed E-state index contributed by atoms with van der Waals surface area (Å²) >= 11 is 6.11. The predicted octanol–water partition coefficient (Wildman–Crippen LogP) is 1.89. The van der Waals surface area contributed by atoms with Crippen LogP contribution in [0.5, 0.6) is 0 Å². The number of carbonyl (C=O) groups is 3. The van der Waals surface area contributed by atoms with E-state index < -0.39 is 11.6 Å². The zero-order chi connectivity index (χ0) is 20.6. The van der Waals surface area contributed by atoms with Crippen LogP contribution in [0.2, 0.25) is 5.02 Å². The number of nitrogens with one attached hydrogen (secondary N) is 2. The Kier molecular flexibility index (Phi) is 5.48. The molecule has 29 heavy (non-hydrogen) atoms. The Balaban J connectivity index is 1.27. The number of imide groups is 1. The van der Waals surface area contributed by atoms with E-state index in [1.165, 1.54) is 12.1 Å². The number of halogens is 2. The highest BCUT2D eigenvalue weighted by atomic mass is 35.5. The lowest BCUT2D eigenvalue weighted by Crippen LogP contribution is -2.53. The van der Waals surface area contributed by atoms with Gasteiger partial charge in [-0.3, -0.25) is 19.8 Å². The van der Waals surface area contributed by atoms with Gasteiger partial charge in [0.2, 0.25) is 5.91 Å². The molecule has 0 atom stereocenters. The first-order valence-electron chi connectivity index (χ1n) is 9.95. The molecule has 1 aliphatic carbocycles. The summed E-state index contributed by atoms with van der Waals surface area (Å²) in [4.78, 5) is 40.5. The maximum Gasteiger partial charge on any atom is 0.322 e. The smallest absolute Gasteiger partial charge is 0.322 e. The van der Waals surface area contributed by atoms with Crippen LogP contribution in [-0.4, -0.2) is 59.4 Å². The average molecular weight is 423 g/mol. The van der Waals surface area contributed by atoms with Crippen molar-refractivity contribution < 1.29 is 18.8 Å². The number of nitrogens with zero attached hydrogens (tertiary/aromatic N) is 2. The Labute approximate surface area is 173 Å². The van der Waals surface area contributed by atoms with E-state index in [0.29, 0.717) is 50.3 Å². The lowest BCUT2D eigenvalue weighted by molar-refractivity contribution is -0.140. The van der Waals surface area contributed by atoms with Crippen LogP contribution < -0.4 is 10.6 Å². The maximum absolute atomic E-state index is 13.2. The fourth-order valence-electron chi connectivity index (χ4n) is 4.51. The van der Waals surface area contributed by atoms with Gasteiger partial charge in [0.25, 0.3) is 5.91 Å². The molecule has 2 N–H and O–H groups in total. The molecule has 0 unspecified atom stereocenters. The largest absolute Gasteiger partial charge is 0.340 e. The van der Waals surface area contributed by atoms with Crippen molar-refractivity contribution in [2.24, 2.45) is 5.92 Å². The minimum absolute atomic E-state index is 0.107. The standard InChI is InChI=1S/C20H24ClFN4O3/c21-16-11-15(22)2-1-14(16)12-25-7-9-26(10-8-25)17(27)13-3-5-20(6-4-13)18(28)23-19(29)24-20/h1-2,11,13H,3-10,12H2,(H2,23,24,28,29). The predicted molar refractivity (Wildman–Crippen MR) is 105 cm³/mol. The van der Waals surface area contributed by atoms with Gasteiger partial charge in [-0.25, -0.2) is 9.18 Å². The van der Waals surface area contributed by atoms with Gasteiger partial charge in [0.05, 0.1) is 0 Å². The molecule has 1 aromatic carbocycles. The van der Waals surface area contributed by atoms with Crippen LogP contribution in [0.4, 0.5) is 9.18 Å². The van der Waals surface area contributed by atoms with Crippen molar-refractivity contribution in [3.05, 3.63) is 34.6 Å². The highest BCUT2D eigenvalue weighted by molar-refractivity contribution is 6.31. The minimum Gasteiger partial charge on any atom is -0.340 e. The van der Waals surface area contributed by atoms with Crippen molar-refractivity contribution in [2.75, 3.05) is 26.2 Å². The summed E-state index contributed by atoms with van der Waals surface area (Å²) in [5.41, 5.74) is 0.0448. The van der Waals surface area contributed by atoms with E-state index in [1.807, 2.05) is 4.90 Å². The summed E-state index contributed by atoms with van der Waals surface area (Å²) in [7, 11) is 0. The molecule has 2 aliphatic heterocycles. The van der Waals surface area contributed by atoms with Gasteiger partial charge in [-0.15, -0.1) is 0 Å². The average Bonchev–Trinajstić information content (AvgIpc) is 2.97. The number of hydrogen-bond acceptors (Lipinski definition) is 4. The molecule has 7 nitrogen and oxygen atoms in total. The molecule has 9 heteroatoms. The highest BCUT2D eigenvalue weighted by Gasteiger charge is 2.49. The number of carbonyl (C=O) groups excluding carboxylic acids is 3. The maximum atomic E-state index is 13.2. The molecule has 3 fully saturated rings. The van der Waals surface area contributed by atoms with Crippen LogP contribution in [0.25, 0.3) is 0 Å². The first kappa shape index (κ1) is 20.1. The van der Waals surface area contributed by atoms with Crippen molar-refractivity contribution >= 4 is 29.4 Å². The fraction of sp³-hybridized carbons (Fsp3) is 0.550. The normalized spacial score (nSPS) is 27.8. The van der Waals surface area contributed by atoms with E-state index >= 15 is 0 Å². The molecule has 0 bridgehead atoms. The van der Waals surface area contributed by atoms with Gasteiger partial charge < -0.3 is 10.2 Å². The molecule has 156 valence electrons. The van der Waals surface area contributed by atoms with Crippen LogP contribution in [0.15, 0.2) is 18.2 Å². The minimum atomic E-state index is -0.832. The molecule has 2 heterocycles. The summed E-state index contributed by atoms with van der Waals surface area (Å²) in [5.74, 6) is -0.604. The van der Waals surface area contributed by atoms with Gasteiger partial charge in [0.15, 0.2) is 0 Å². The first-order chi connectivity index (χ1) is 13.9. The van der Waals surface area contributed by atoms with Gasteiger partial charge in [-0.2, -0.15) is 0 Å². The monoisotopic (exact) mass is 422 g/mol. The van der Waals surface area contributed by atoms with Crippen molar-refractivity contribution in [3.8, 4) is 0 Å². The Morgan fingerprint density at radius 1 is 1.17 bits per heavy atom. The van der Waals surface area contributed by atoms with Gasteiger partial charge in [0.1, 0.15) is 11.4 Å². The molecule has 1 spiro atoms. The van der Waals surface area contributed by atoms with E-state index in [4.69, 9.17) is 11.6 Å². The SMILES string of the molecule is O=C1NC(=O)C2(CCC(C(=O)N3CCN(Cc4ccc(F)cc4Cl)CC3)CC2)N1. The van der Waals surface area contributed by atoms with Crippen molar-refractivity contribution in [3.63, 3.8) is 0 Å². The third-order valence-electron chi connectivity index (χ3n) is 6.30. The molecule has 3 aliphatic rings. The zero-order valence-electron chi connectivity index (χ0n) is 16.0. The number of rotatable bonds is 3. The summed E-state index contributed by atoms with van der Waals surface area (Å²) in [6, 6.07) is 3.98. The second kappa shape index (κ2) is 7.91. The molecule has 0 aromatic heterocycles. The number of urea groups is 1. The molecule has 0 radical (unpaired) electrons. The summed E-state index contributed by atoms with van der Waals surface area (Å²) in [5, 5.41) is 5.45. The van der Waals surface area contributed by atoms with Crippen LogP contribution in [0, 0.1) is 11.7 Å². The summed E-state index contributed by atoms with van der Waals surface area (Å²) in [6.07, 6.45) is 2.17. The van der Waals surface area contributed by atoms with Gasteiger partial charge >= 0.3 is 6.03 Å². The summed E-state index contributed by atoms with van der Waals surface area (Å²) < 4.78 is 13.2. The quantitative estimate of drug-likeness (QED) is 0.729. The lowest BCUT2D eigenvalue weighted by atomic mass is 9.76. The van der Waals surface area contributed by atoms with E-state index in [-0.39, 0.29) is 23.5 Å². The van der Waals surface area contributed by atoms with E-state index in [2.05, 4.69) is 15.5 Å². The molecular formula is C20H24ClFN4O3. The van der Waals surface area contributed by atoms with E-state index in [9.17, 15) is 18.8 Å². The van der Waals surface area contributed by atoms with Crippen molar-refractivity contribution in [1.29, 1.82) is 0 Å². The van der Waals surface area contributed by atoms with Crippen molar-refractivity contribution in [1.82, 2.24) is 20.4 Å². The van der Waals surface area contributed by atoms with Gasteiger partial charge in [-0.05, 0) is 43.4 Å². The third kappa shape index (κ3) is 4.09. The first-order valence-corrected chi connectivity index (χ1v) is 10.3. The van der Waals surface area contributed by atoms with Crippen LogP contribution in [0.1, 0.15) is 31.2 Å². The molecule has 1 aromatic rings. The fourth-order valence-corrected chi connectivity index (χ4v) is 4.74. The van der Waals surface area contributed by atoms with Crippen LogP contribution >= 0.6 is 11.6 Å². The second-order valence-electron chi connectivity index (χ2n) is 8.10.